The molecule has 0 aliphatic heterocycles. The van der Waals surface area contributed by atoms with Crippen molar-refractivity contribution in [1.82, 2.24) is 19.6 Å². The van der Waals surface area contributed by atoms with Crippen LogP contribution < -0.4 is 0 Å². The van der Waals surface area contributed by atoms with Crippen LogP contribution in [0.3, 0.4) is 0 Å². The quantitative estimate of drug-likeness (QED) is 0.472. The summed E-state index contributed by atoms with van der Waals surface area (Å²) in [5.74, 6) is -1.19. The fourth-order valence-electron chi connectivity index (χ4n) is 1.94. The molecule has 0 aliphatic rings. The average molecular weight is 305 g/mol. The largest absolute Gasteiger partial charge is 0.419 e. The zero-order valence-corrected chi connectivity index (χ0v) is 10.6. The summed E-state index contributed by atoms with van der Waals surface area (Å²) in [4.78, 5) is 7.73. The highest BCUT2D eigenvalue weighted by molar-refractivity contribution is 6.29. The number of benzene rings is 1. The van der Waals surface area contributed by atoms with Crippen LogP contribution in [0.1, 0.15) is 11.4 Å². The Kier molecular flexibility index (Phi) is 2.62. The molecule has 0 aliphatic carbocycles. The molecule has 0 unspecified atom stereocenters. The van der Waals surface area contributed by atoms with E-state index in [-0.39, 0.29) is 27.7 Å². The van der Waals surface area contributed by atoms with Crippen molar-refractivity contribution in [1.29, 1.82) is 0 Å². The van der Waals surface area contributed by atoms with Crippen molar-refractivity contribution in [2.24, 2.45) is 0 Å². The molecule has 0 fully saturated rings. The third-order valence-electron chi connectivity index (χ3n) is 2.75. The van der Waals surface area contributed by atoms with E-state index in [9.17, 15) is 17.6 Å². The third-order valence-corrected chi connectivity index (χ3v) is 2.99. The fourth-order valence-corrected chi connectivity index (χ4v) is 2.15. The minimum Gasteiger partial charge on any atom is -0.218 e. The maximum atomic E-state index is 14.2. The van der Waals surface area contributed by atoms with E-state index >= 15 is 0 Å². The summed E-state index contributed by atoms with van der Waals surface area (Å²) in [7, 11) is 0. The summed E-state index contributed by atoms with van der Waals surface area (Å²) in [5, 5.41) is 3.40. The predicted octanol–water partition coefficient (Wildman–Crippen LogP) is 3.40. The lowest BCUT2D eigenvalue weighted by atomic mass is 10.1. The molecular weight excluding hydrogens is 300 g/mol. The van der Waals surface area contributed by atoms with Gasteiger partial charge < -0.3 is 0 Å². The second kappa shape index (κ2) is 4.02. The van der Waals surface area contributed by atoms with E-state index in [1.807, 2.05) is 0 Å². The Morgan fingerprint density at radius 1 is 1.20 bits per heavy atom. The third kappa shape index (κ3) is 1.79. The molecule has 3 rings (SSSR count). The smallest absolute Gasteiger partial charge is 0.218 e. The van der Waals surface area contributed by atoms with Crippen LogP contribution in [0.4, 0.5) is 17.6 Å². The van der Waals surface area contributed by atoms with Crippen molar-refractivity contribution in [3.63, 3.8) is 0 Å². The van der Waals surface area contributed by atoms with Crippen LogP contribution in [0.15, 0.2) is 12.1 Å². The molecule has 2 aromatic heterocycles. The minimum absolute atomic E-state index is 0.0135. The Morgan fingerprint density at radius 2 is 1.90 bits per heavy atom. The van der Waals surface area contributed by atoms with Gasteiger partial charge in [-0.15, -0.1) is 5.10 Å². The maximum Gasteiger partial charge on any atom is 0.419 e. The molecule has 0 atom stereocenters. The van der Waals surface area contributed by atoms with Gasteiger partial charge in [0.25, 0.3) is 0 Å². The Labute approximate surface area is 114 Å². The van der Waals surface area contributed by atoms with Crippen LogP contribution in [0.5, 0.6) is 0 Å². The van der Waals surface area contributed by atoms with Crippen molar-refractivity contribution in [2.75, 3.05) is 0 Å². The van der Waals surface area contributed by atoms with Crippen molar-refractivity contribution in [3.05, 3.63) is 34.6 Å². The summed E-state index contributed by atoms with van der Waals surface area (Å²) in [6, 6.07) is 1.68. The van der Waals surface area contributed by atoms with E-state index in [1.54, 1.807) is 0 Å². The Morgan fingerprint density at radius 3 is 2.55 bits per heavy atom. The summed E-state index contributed by atoms with van der Waals surface area (Å²) < 4.78 is 53.3. The van der Waals surface area contributed by atoms with Gasteiger partial charge in [-0.05, 0) is 30.7 Å². The van der Waals surface area contributed by atoms with Crippen molar-refractivity contribution in [2.45, 2.75) is 13.1 Å². The fraction of sp³-hybridized carbons (Fsp3) is 0.182. The van der Waals surface area contributed by atoms with Crippen LogP contribution in [-0.4, -0.2) is 19.6 Å². The topological polar surface area (TPSA) is 43.1 Å². The molecule has 1 aromatic carbocycles. The second-order valence-electron chi connectivity index (χ2n) is 4.09. The molecule has 104 valence electrons. The summed E-state index contributed by atoms with van der Waals surface area (Å²) in [6.07, 6.45) is -4.80. The number of halogens is 5. The van der Waals surface area contributed by atoms with Crippen LogP contribution >= 0.6 is 11.6 Å². The first kappa shape index (κ1) is 13.0. The molecule has 2 heterocycles. The van der Waals surface area contributed by atoms with Crippen molar-refractivity contribution in [3.8, 4) is 0 Å². The molecule has 3 aromatic rings. The normalized spacial score (nSPS) is 12.5. The maximum absolute atomic E-state index is 14.2. The molecule has 9 heteroatoms. The van der Waals surface area contributed by atoms with Crippen molar-refractivity contribution < 1.29 is 17.6 Å². The molecule has 0 radical (unpaired) electrons. The number of rotatable bonds is 0. The first-order chi connectivity index (χ1) is 9.29. The molecule has 0 spiro atoms. The average Bonchev–Trinajstić information content (AvgIpc) is 2.69. The summed E-state index contributed by atoms with van der Waals surface area (Å²) >= 11 is 5.84. The lowest BCUT2D eigenvalue weighted by molar-refractivity contribution is -0.139. The van der Waals surface area contributed by atoms with Gasteiger partial charge in [-0.2, -0.15) is 17.7 Å². The lowest BCUT2D eigenvalue weighted by Crippen LogP contribution is -2.09. The first-order valence-corrected chi connectivity index (χ1v) is 5.75. The Balaban J connectivity index is 2.53. The van der Waals surface area contributed by atoms with Crippen molar-refractivity contribution >= 4 is 28.2 Å². The molecule has 0 N–H and O–H groups in total. The minimum atomic E-state index is -4.80. The van der Waals surface area contributed by atoms with E-state index in [4.69, 9.17) is 11.6 Å². The summed E-state index contributed by atoms with van der Waals surface area (Å²) in [5.41, 5.74) is -1.49. The van der Waals surface area contributed by atoms with E-state index in [1.165, 1.54) is 6.92 Å². The molecule has 0 amide bonds. The van der Waals surface area contributed by atoms with Gasteiger partial charge in [0, 0.05) is 0 Å². The van der Waals surface area contributed by atoms with Gasteiger partial charge >= 0.3 is 6.18 Å². The molecule has 20 heavy (non-hydrogen) atoms. The van der Waals surface area contributed by atoms with Gasteiger partial charge in [-0.25, -0.2) is 14.4 Å². The number of aromatic nitrogens is 4. The number of hydrogen-bond donors (Lipinski definition) is 0. The predicted molar refractivity (Wildman–Crippen MR) is 63.0 cm³/mol. The SMILES string of the molecule is Cc1nc2c3c(F)c(C(F)(F)F)ccc3nc(Cl)n2n1. The van der Waals surface area contributed by atoms with E-state index in [0.717, 1.165) is 10.6 Å². The van der Waals surface area contributed by atoms with Crippen LogP contribution in [-0.2, 0) is 6.18 Å². The zero-order valence-electron chi connectivity index (χ0n) is 9.83. The van der Waals surface area contributed by atoms with Gasteiger partial charge in [-0.1, -0.05) is 0 Å². The molecule has 0 saturated carbocycles. The van der Waals surface area contributed by atoms with E-state index < -0.39 is 17.6 Å². The van der Waals surface area contributed by atoms with Gasteiger partial charge in [-0.3, -0.25) is 0 Å². The highest BCUT2D eigenvalue weighted by atomic mass is 35.5. The van der Waals surface area contributed by atoms with E-state index in [2.05, 4.69) is 15.1 Å². The highest BCUT2D eigenvalue weighted by Gasteiger charge is 2.35. The van der Waals surface area contributed by atoms with Gasteiger partial charge in [0.1, 0.15) is 11.6 Å². The van der Waals surface area contributed by atoms with E-state index in [0.29, 0.717) is 6.07 Å². The number of aryl methyl sites for hydroxylation is 1. The monoisotopic (exact) mass is 304 g/mol. The van der Waals surface area contributed by atoms with Gasteiger partial charge in [0.05, 0.1) is 16.5 Å². The number of hydrogen-bond acceptors (Lipinski definition) is 3. The molecule has 4 nitrogen and oxygen atoms in total. The lowest BCUT2D eigenvalue weighted by Gasteiger charge is -2.10. The second-order valence-corrected chi connectivity index (χ2v) is 4.43. The summed E-state index contributed by atoms with van der Waals surface area (Å²) in [6.45, 7) is 1.51. The van der Waals surface area contributed by atoms with Crippen LogP contribution in [0.2, 0.25) is 5.28 Å². The number of fused-ring (bicyclic) bond motifs is 3. The first-order valence-electron chi connectivity index (χ1n) is 5.37. The zero-order chi connectivity index (χ0) is 14.7. The molecular formula is C11H5ClF4N4. The molecule has 0 bridgehead atoms. The highest BCUT2D eigenvalue weighted by Crippen LogP contribution is 2.35. The Bertz CT molecular complexity index is 840. The van der Waals surface area contributed by atoms with Gasteiger partial charge in [0.15, 0.2) is 5.65 Å². The van der Waals surface area contributed by atoms with Crippen LogP contribution in [0.25, 0.3) is 16.6 Å². The van der Waals surface area contributed by atoms with Crippen LogP contribution in [0, 0.1) is 12.7 Å². The van der Waals surface area contributed by atoms with Gasteiger partial charge in [0.2, 0.25) is 5.28 Å². The molecule has 0 saturated heterocycles. The Hall–Kier alpha value is -1.96. The standard InChI is InChI=1S/C11H5ClF4N4/c1-4-17-9-7-6(18-10(12)20(9)19-4)3-2-5(8(7)13)11(14,15)16/h2-3H,1H3. The number of alkyl halides is 3. The number of nitrogens with zero attached hydrogens (tertiary/aromatic N) is 4.